The molecule has 136 valence electrons. The van der Waals surface area contributed by atoms with Crippen LogP contribution in [-0.4, -0.2) is 42.5 Å². The van der Waals surface area contributed by atoms with E-state index in [1.165, 1.54) is 17.7 Å². The maximum absolute atomic E-state index is 12.5. The number of likely N-dealkylation sites (tertiary alicyclic amines) is 1. The molecule has 5 nitrogen and oxygen atoms in total. The van der Waals surface area contributed by atoms with Gasteiger partial charge >= 0.3 is 6.03 Å². The molecule has 1 unspecified atom stereocenters. The number of nitrogens with one attached hydrogen (secondary N) is 1. The fraction of sp³-hybridized carbons (Fsp3) is 0.400. The van der Waals surface area contributed by atoms with Crippen LogP contribution in [0.25, 0.3) is 0 Å². The third-order valence-electron chi connectivity index (χ3n) is 4.75. The van der Waals surface area contributed by atoms with E-state index in [0.717, 1.165) is 18.7 Å². The summed E-state index contributed by atoms with van der Waals surface area (Å²) in [4.78, 5) is 18.0. The topological polar surface area (TPSA) is 59.4 Å². The minimum Gasteiger partial charge on any atom is -0.336 e. The Bertz CT molecular complexity index is 745. The van der Waals surface area contributed by atoms with Crippen LogP contribution in [0.1, 0.15) is 34.9 Å². The summed E-state index contributed by atoms with van der Waals surface area (Å²) in [5.41, 5.74) is 1.64. The lowest BCUT2D eigenvalue weighted by Gasteiger charge is -2.28. The van der Waals surface area contributed by atoms with Gasteiger partial charge in [0, 0.05) is 25.0 Å². The van der Waals surface area contributed by atoms with Crippen molar-refractivity contribution in [1.29, 1.82) is 5.26 Å². The number of rotatable bonds is 6. The maximum atomic E-state index is 12.5. The van der Waals surface area contributed by atoms with Crippen molar-refractivity contribution in [3.8, 4) is 6.07 Å². The number of thiophene rings is 1. The number of nitriles is 1. The van der Waals surface area contributed by atoms with E-state index in [4.69, 9.17) is 5.26 Å². The van der Waals surface area contributed by atoms with Crippen molar-refractivity contribution in [3.05, 3.63) is 57.8 Å². The van der Waals surface area contributed by atoms with Crippen LogP contribution in [0, 0.1) is 11.3 Å². The summed E-state index contributed by atoms with van der Waals surface area (Å²) in [5.74, 6) is 0. The molecule has 2 amide bonds. The minimum absolute atomic E-state index is 0.0740. The van der Waals surface area contributed by atoms with Crippen molar-refractivity contribution < 1.29 is 4.79 Å². The van der Waals surface area contributed by atoms with Crippen molar-refractivity contribution in [1.82, 2.24) is 15.1 Å². The van der Waals surface area contributed by atoms with E-state index in [-0.39, 0.29) is 12.1 Å². The van der Waals surface area contributed by atoms with Crippen molar-refractivity contribution in [2.45, 2.75) is 25.4 Å². The molecule has 6 heteroatoms. The molecule has 1 saturated heterocycles. The first kappa shape index (κ1) is 18.4. The second-order valence-corrected chi connectivity index (χ2v) is 7.60. The Labute approximate surface area is 158 Å². The predicted octanol–water partition coefficient (Wildman–Crippen LogP) is 3.60. The molecular formula is C20H24N4OS. The summed E-state index contributed by atoms with van der Waals surface area (Å²) in [6.45, 7) is 3.33. The van der Waals surface area contributed by atoms with Crippen molar-refractivity contribution in [2.24, 2.45) is 0 Å². The molecule has 0 saturated carbocycles. The summed E-state index contributed by atoms with van der Waals surface area (Å²) < 4.78 is 0. The first-order valence-electron chi connectivity index (χ1n) is 8.93. The van der Waals surface area contributed by atoms with Crippen molar-refractivity contribution >= 4 is 17.4 Å². The monoisotopic (exact) mass is 368 g/mol. The van der Waals surface area contributed by atoms with Crippen LogP contribution in [0.5, 0.6) is 0 Å². The normalized spacial score (nSPS) is 15.4. The van der Waals surface area contributed by atoms with E-state index < -0.39 is 0 Å². The Morgan fingerprint density at radius 3 is 2.65 bits per heavy atom. The van der Waals surface area contributed by atoms with E-state index in [2.05, 4.69) is 33.8 Å². The Morgan fingerprint density at radius 2 is 2.04 bits per heavy atom. The highest BCUT2D eigenvalue weighted by atomic mass is 32.1. The lowest BCUT2D eigenvalue weighted by molar-refractivity contribution is 0.196. The lowest BCUT2D eigenvalue weighted by Crippen LogP contribution is -2.42. The Morgan fingerprint density at radius 1 is 1.31 bits per heavy atom. The molecule has 1 atom stereocenters. The number of nitrogens with zero attached hydrogens (tertiary/aromatic N) is 3. The lowest BCUT2D eigenvalue weighted by atomic mass is 10.1. The number of hydrogen-bond acceptors (Lipinski definition) is 4. The molecule has 1 aliphatic heterocycles. The number of urea groups is 1. The van der Waals surface area contributed by atoms with E-state index in [9.17, 15) is 4.79 Å². The van der Waals surface area contributed by atoms with Crippen molar-refractivity contribution in [3.63, 3.8) is 0 Å². The predicted molar refractivity (Wildman–Crippen MR) is 104 cm³/mol. The van der Waals surface area contributed by atoms with Gasteiger partial charge in [0.25, 0.3) is 0 Å². The van der Waals surface area contributed by atoms with Gasteiger partial charge in [0.1, 0.15) is 0 Å². The quantitative estimate of drug-likeness (QED) is 0.847. The van der Waals surface area contributed by atoms with Crippen LogP contribution in [0.2, 0.25) is 0 Å². The van der Waals surface area contributed by atoms with Gasteiger partial charge < -0.3 is 10.2 Å². The zero-order chi connectivity index (χ0) is 18.4. The van der Waals surface area contributed by atoms with Gasteiger partial charge in [-0.2, -0.15) is 5.26 Å². The molecule has 0 radical (unpaired) electrons. The average molecular weight is 369 g/mol. The third-order valence-corrected chi connectivity index (χ3v) is 5.72. The fourth-order valence-electron chi connectivity index (χ4n) is 3.29. The largest absolute Gasteiger partial charge is 0.336 e. The zero-order valence-corrected chi connectivity index (χ0v) is 15.8. The first-order chi connectivity index (χ1) is 12.7. The van der Waals surface area contributed by atoms with Crippen LogP contribution in [0.3, 0.4) is 0 Å². The van der Waals surface area contributed by atoms with Gasteiger partial charge in [-0.15, -0.1) is 11.3 Å². The van der Waals surface area contributed by atoms with E-state index in [1.807, 2.05) is 12.1 Å². The Balaban J connectivity index is 1.56. The summed E-state index contributed by atoms with van der Waals surface area (Å²) in [7, 11) is 1.80. The molecule has 1 aliphatic rings. The second-order valence-electron chi connectivity index (χ2n) is 6.63. The standard InChI is InChI=1S/C20H24N4OS/c1-23(15-17-8-6-16(13-21)7-9-17)20(25)22-14-18(19-5-4-12-26-19)24-10-2-3-11-24/h4-9,12,18H,2-3,10-11,14-15H2,1H3,(H,22,25). The molecule has 0 aliphatic carbocycles. The zero-order valence-electron chi connectivity index (χ0n) is 15.0. The molecule has 1 N–H and O–H groups in total. The van der Waals surface area contributed by atoms with Crippen LogP contribution in [0.15, 0.2) is 41.8 Å². The molecule has 1 aromatic carbocycles. The number of hydrogen-bond donors (Lipinski definition) is 1. The molecule has 3 rings (SSSR count). The fourth-order valence-corrected chi connectivity index (χ4v) is 4.15. The molecule has 1 aromatic heterocycles. The van der Waals surface area contributed by atoms with Crippen LogP contribution < -0.4 is 5.32 Å². The number of carbonyl (C=O) groups excluding carboxylic acids is 1. The number of benzene rings is 1. The highest BCUT2D eigenvalue weighted by molar-refractivity contribution is 7.10. The van der Waals surface area contributed by atoms with Gasteiger partial charge in [-0.25, -0.2) is 4.79 Å². The van der Waals surface area contributed by atoms with Crippen LogP contribution in [-0.2, 0) is 6.54 Å². The summed E-state index contributed by atoms with van der Waals surface area (Å²) >= 11 is 1.75. The summed E-state index contributed by atoms with van der Waals surface area (Å²) in [5, 5.41) is 14.0. The Hall–Kier alpha value is -2.36. The highest BCUT2D eigenvalue weighted by Crippen LogP contribution is 2.27. The second kappa shape index (κ2) is 8.84. The molecular weight excluding hydrogens is 344 g/mol. The summed E-state index contributed by atoms with van der Waals surface area (Å²) in [6.07, 6.45) is 2.46. The summed E-state index contributed by atoms with van der Waals surface area (Å²) in [6, 6.07) is 13.8. The van der Waals surface area contributed by atoms with E-state index in [0.29, 0.717) is 18.7 Å². The first-order valence-corrected chi connectivity index (χ1v) is 9.81. The highest BCUT2D eigenvalue weighted by Gasteiger charge is 2.25. The molecule has 0 bridgehead atoms. The van der Waals surface area contributed by atoms with Gasteiger partial charge in [-0.3, -0.25) is 4.90 Å². The SMILES string of the molecule is CN(Cc1ccc(C#N)cc1)C(=O)NCC(c1cccs1)N1CCCC1. The van der Waals surface area contributed by atoms with Crippen LogP contribution in [0.4, 0.5) is 4.79 Å². The number of amides is 2. The molecule has 2 aromatic rings. The van der Waals surface area contributed by atoms with Gasteiger partial charge in [-0.05, 0) is 55.1 Å². The van der Waals surface area contributed by atoms with Crippen LogP contribution >= 0.6 is 11.3 Å². The maximum Gasteiger partial charge on any atom is 0.317 e. The number of carbonyl (C=O) groups is 1. The van der Waals surface area contributed by atoms with Gasteiger partial charge in [0.2, 0.25) is 0 Å². The van der Waals surface area contributed by atoms with Gasteiger partial charge in [0.05, 0.1) is 17.7 Å². The van der Waals surface area contributed by atoms with Gasteiger partial charge in [0.15, 0.2) is 0 Å². The van der Waals surface area contributed by atoms with E-state index >= 15 is 0 Å². The molecule has 26 heavy (non-hydrogen) atoms. The smallest absolute Gasteiger partial charge is 0.317 e. The average Bonchev–Trinajstić information content (AvgIpc) is 3.37. The molecule has 2 heterocycles. The molecule has 1 fully saturated rings. The minimum atomic E-state index is -0.0740. The molecule has 0 spiro atoms. The Kier molecular flexibility index (Phi) is 6.26. The van der Waals surface area contributed by atoms with Crippen molar-refractivity contribution in [2.75, 3.05) is 26.7 Å². The third kappa shape index (κ3) is 4.63. The van der Waals surface area contributed by atoms with E-state index in [1.54, 1.807) is 35.4 Å². The van der Waals surface area contributed by atoms with Gasteiger partial charge in [-0.1, -0.05) is 18.2 Å².